The predicted molar refractivity (Wildman–Crippen MR) is 66.7 cm³/mol. The summed E-state index contributed by atoms with van der Waals surface area (Å²) in [5, 5.41) is 17.3. The van der Waals surface area contributed by atoms with E-state index in [0.717, 1.165) is 21.9 Å². The maximum atomic E-state index is 9.11. The van der Waals surface area contributed by atoms with Crippen molar-refractivity contribution in [2.24, 2.45) is 0 Å². The maximum Gasteiger partial charge on any atom is 0.186 e. The Bertz CT molecular complexity index is 740. The van der Waals surface area contributed by atoms with Crippen molar-refractivity contribution in [3.63, 3.8) is 0 Å². The van der Waals surface area contributed by atoms with Crippen LogP contribution in [0.1, 0.15) is 25.6 Å². The van der Waals surface area contributed by atoms with Crippen LogP contribution in [-0.2, 0) is 0 Å². The summed E-state index contributed by atoms with van der Waals surface area (Å²) >= 11 is 0. The lowest BCUT2D eigenvalue weighted by atomic mass is 10.2. The third kappa shape index (κ3) is 1.19. The molecule has 1 aromatic carbocycles. The highest BCUT2D eigenvalue weighted by molar-refractivity contribution is 6.07. The molecule has 0 atom stereocenters. The fourth-order valence-electron chi connectivity index (χ4n) is 2.39. The molecule has 2 aromatic heterocycles. The Balaban J connectivity index is 2.60. The van der Waals surface area contributed by atoms with Gasteiger partial charge in [0.25, 0.3) is 0 Å². The van der Waals surface area contributed by atoms with Gasteiger partial charge < -0.3 is 4.57 Å². The number of nitrogens with one attached hydrogen (secondary N) is 1. The zero-order valence-corrected chi connectivity index (χ0v) is 9.73. The second-order valence-corrected chi connectivity index (χ2v) is 4.39. The zero-order valence-electron chi connectivity index (χ0n) is 9.73. The lowest BCUT2D eigenvalue weighted by Crippen LogP contribution is -2.00. The highest BCUT2D eigenvalue weighted by Crippen LogP contribution is 2.31. The SMILES string of the molecule is CC(C)n1c2ccccc2c2[nH]nc(C#N)c21. The quantitative estimate of drug-likeness (QED) is 0.690. The lowest BCUT2D eigenvalue weighted by molar-refractivity contribution is 0.641. The van der Waals surface area contributed by atoms with Crippen molar-refractivity contribution in [3.05, 3.63) is 30.0 Å². The molecule has 0 unspecified atom stereocenters. The summed E-state index contributed by atoms with van der Waals surface area (Å²) in [7, 11) is 0. The molecule has 84 valence electrons. The third-order valence-electron chi connectivity index (χ3n) is 3.04. The fraction of sp³-hybridized carbons (Fsp3) is 0.231. The molecule has 2 heterocycles. The van der Waals surface area contributed by atoms with Crippen molar-refractivity contribution < 1.29 is 0 Å². The first-order valence-electron chi connectivity index (χ1n) is 5.61. The molecule has 0 amide bonds. The standard InChI is InChI=1S/C13H12N4/c1-8(2)17-11-6-4-3-5-9(11)12-13(17)10(7-14)15-16-12/h3-6,8H,1-2H3,(H,15,16). The van der Waals surface area contributed by atoms with Crippen molar-refractivity contribution in [2.45, 2.75) is 19.9 Å². The molecule has 0 saturated carbocycles. The van der Waals surface area contributed by atoms with Gasteiger partial charge in [-0.2, -0.15) is 10.4 Å². The molecular formula is C13H12N4. The number of hydrogen-bond donors (Lipinski definition) is 1. The van der Waals surface area contributed by atoms with E-state index in [1.54, 1.807) is 0 Å². The van der Waals surface area contributed by atoms with E-state index in [1.165, 1.54) is 0 Å². The minimum absolute atomic E-state index is 0.294. The van der Waals surface area contributed by atoms with Crippen LogP contribution in [0.3, 0.4) is 0 Å². The van der Waals surface area contributed by atoms with E-state index < -0.39 is 0 Å². The summed E-state index contributed by atoms with van der Waals surface area (Å²) in [5.74, 6) is 0. The van der Waals surface area contributed by atoms with Crippen molar-refractivity contribution in [3.8, 4) is 6.07 Å². The smallest absolute Gasteiger partial charge is 0.186 e. The first kappa shape index (κ1) is 9.91. The first-order chi connectivity index (χ1) is 8.24. The van der Waals surface area contributed by atoms with Gasteiger partial charge in [0.05, 0.1) is 11.0 Å². The van der Waals surface area contributed by atoms with Crippen LogP contribution in [0.2, 0.25) is 0 Å². The van der Waals surface area contributed by atoms with Crippen molar-refractivity contribution in [1.29, 1.82) is 5.26 Å². The number of benzene rings is 1. The average molecular weight is 224 g/mol. The lowest BCUT2D eigenvalue weighted by Gasteiger charge is -2.10. The summed E-state index contributed by atoms with van der Waals surface area (Å²) < 4.78 is 2.16. The molecule has 0 radical (unpaired) electrons. The normalized spacial score (nSPS) is 11.4. The molecule has 3 aromatic rings. The van der Waals surface area contributed by atoms with E-state index in [0.29, 0.717) is 11.7 Å². The first-order valence-corrected chi connectivity index (χ1v) is 5.61. The Morgan fingerprint density at radius 1 is 1.35 bits per heavy atom. The van der Waals surface area contributed by atoms with Crippen molar-refractivity contribution in [2.75, 3.05) is 0 Å². The van der Waals surface area contributed by atoms with E-state index in [-0.39, 0.29) is 0 Å². The summed E-state index contributed by atoms with van der Waals surface area (Å²) in [6, 6.07) is 10.6. The van der Waals surface area contributed by atoms with Gasteiger partial charge in [-0.3, -0.25) is 5.10 Å². The number of rotatable bonds is 1. The minimum Gasteiger partial charge on any atom is -0.334 e. The molecule has 0 aliphatic rings. The summed E-state index contributed by atoms with van der Waals surface area (Å²) in [6.45, 7) is 4.22. The number of para-hydroxylation sites is 1. The maximum absolute atomic E-state index is 9.11. The average Bonchev–Trinajstić information content (AvgIpc) is 2.85. The zero-order chi connectivity index (χ0) is 12.0. The van der Waals surface area contributed by atoms with E-state index in [9.17, 15) is 0 Å². The van der Waals surface area contributed by atoms with Gasteiger partial charge in [-0.1, -0.05) is 18.2 Å². The topological polar surface area (TPSA) is 57.4 Å². The van der Waals surface area contributed by atoms with Gasteiger partial charge in [-0.05, 0) is 19.9 Å². The van der Waals surface area contributed by atoms with Gasteiger partial charge in [0, 0.05) is 11.4 Å². The number of H-pyrrole nitrogens is 1. The van der Waals surface area contributed by atoms with Crippen LogP contribution in [0.25, 0.3) is 21.9 Å². The van der Waals surface area contributed by atoms with E-state index >= 15 is 0 Å². The van der Waals surface area contributed by atoms with E-state index in [4.69, 9.17) is 5.26 Å². The number of aromatic nitrogens is 3. The van der Waals surface area contributed by atoms with Crippen molar-refractivity contribution >= 4 is 21.9 Å². The molecule has 3 rings (SSSR count). The summed E-state index contributed by atoms with van der Waals surface area (Å²) in [4.78, 5) is 0. The van der Waals surface area contributed by atoms with Crippen LogP contribution >= 0.6 is 0 Å². The molecule has 0 fully saturated rings. The van der Waals surface area contributed by atoms with Crippen molar-refractivity contribution in [1.82, 2.24) is 14.8 Å². The molecular weight excluding hydrogens is 212 g/mol. The Hall–Kier alpha value is -2.28. The number of aromatic amines is 1. The van der Waals surface area contributed by atoms with Crippen LogP contribution in [0, 0.1) is 11.3 Å². The Morgan fingerprint density at radius 3 is 2.82 bits per heavy atom. The molecule has 17 heavy (non-hydrogen) atoms. The molecule has 4 nitrogen and oxygen atoms in total. The Morgan fingerprint density at radius 2 is 2.12 bits per heavy atom. The second-order valence-electron chi connectivity index (χ2n) is 4.39. The van der Waals surface area contributed by atoms with Crippen LogP contribution < -0.4 is 0 Å². The van der Waals surface area contributed by atoms with Gasteiger partial charge in [0.1, 0.15) is 11.6 Å². The number of fused-ring (bicyclic) bond motifs is 3. The molecule has 0 spiro atoms. The van der Waals surface area contributed by atoms with Crippen LogP contribution in [0.5, 0.6) is 0 Å². The fourth-order valence-corrected chi connectivity index (χ4v) is 2.39. The molecule has 0 saturated heterocycles. The molecule has 0 bridgehead atoms. The Kier molecular flexibility index (Phi) is 1.96. The second kappa shape index (κ2) is 3.36. The van der Waals surface area contributed by atoms with Crippen LogP contribution in [0.4, 0.5) is 0 Å². The highest BCUT2D eigenvalue weighted by atomic mass is 15.2. The minimum atomic E-state index is 0.294. The van der Waals surface area contributed by atoms with Gasteiger partial charge in [0.2, 0.25) is 0 Å². The molecule has 0 aliphatic carbocycles. The van der Waals surface area contributed by atoms with E-state index in [1.807, 2.05) is 12.1 Å². The molecule has 0 aliphatic heterocycles. The number of hydrogen-bond acceptors (Lipinski definition) is 2. The largest absolute Gasteiger partial charge is 0.334 e. The number of nitriles is 1. The summed E-state index contributed by atoms with van der Waals surface area (Å²) in [5.41, 5.74) is 3.46. The van der Waals surface area contributed by atoms with Gasteiger partial charge >= 0.3 is 0 Å². The molecule has 4 heteroatoms. The van der Waals surface area contributed by atoms with Crippen LogP contribution in [0.15, 0.2) is 24.3 Å². The van der Waals surface area contributed by atoms with Gasteiger partial charge in [0.15, 0.2) is 5.69 Å². The highest BCUT2D eigenvalue weighted by Gasteiger charge is 2.17. The Labute approximate surface area is 98.5 Å². The van der Waals surface area contributed by atoms with Crippen LogP contribution in [-0.4, -0.2) is 14.8 Å². The predicted octanol–water partition coefficient (Wildman–Crippen LogP) is 2.97. The van der Waals surface area contributed by atoms with E-state index in [2.05, 4.69) is 46.8 Å². The van der Waals surface area contributed by atoms with Gasteiger partial charge in [-0.15, -0.1) is 0 Å². The third-order valence-corrected chi connectivity index (χ3v) is 3.04. The van der Waals surface area contributed by atoms with Gasteiger partial charge in [-0.25, -0.2) is 0 Å². The molecule has 1 N–H and O–H groups in total. The monoisotopic (exact) mass is 224 g/mol. The summed E-state index contributed by atoms with van der Waals surface area (Å²) in [6.07, 6.45) is 0. The number of nitrogens with zero attached hydrogens (tertiary/aromatic N) is 3.